The number of hydrogen-bond acceptors (Lipinski definition) is 6. The molecule has 0 bridgehead atoms. The summed E-state index contributed by atoms with van der Waals surface area (Å²) in [4.78, 5) is 29.6. The van der Waals surface area contributed by atoms with Gasteiger partial charge in [0.05, 0.1) is 32.4 Å². The SMILES string of the molecule is COc1ccc(CCNC(=O)CCn2cnc3c(cnn3-c3ccc(C)cc3)c2=O)cc1OC. The fourth-order valence-electron chi connectivity index (χ4n) is 3.68. The maximum Gasteiger partial charge on any atom is 0.264 e. The molecule has 1 amide bonds. The van der Waals surface area contributed by atoms with Crippen LogP contribution in [0.25, 0.3) is 16.7 Å². The van der Waals surface area contributed by atoms with Gasteiger partial charge >= 0.3 is 0 Å². The highest BCUT2D eigenvalue weighted by atomic mass is 16.5. The lowest BCUT2D eigenvalue weighted by Gasteiger charge is -2.10. The Kier molecular flexibility index (Phi) is 6.91. The number of aryl methyl sites for hydroxylation is 2. The van der Waals surface area contributed by atoms with Crippen LogP contribution in [0.3, 0.4) is 0 Å². The summed E-state index contributed by atoms with van der Waals surface area (Å²) < 4.78 is 13.6. The second-order valence-electron chi connectivity index (χ2n) is 7.91. The average Bonchev–Trinajstić information content (AvgIpc) is 3.29. The minimum atomic E-state index is -0.221. The van der Waals surface area contributed by atoms with Crippen molar-refractivity contribution in [3.63, 3.8) is 0 Å². The normalized spacial score (nSPS) is 10.9. The van der Waals surface area contributed by atoms with E-state index in [2.05, 4.69) is 15.4 Å². The largest absolute Gasteiger partial charge is 0.493 e. The number of carbonyl (C=O) groups excluding carboxylic acids is 1. The highest BCUT2D eigenvalue weighted by Crippen LogP contribution is 2.27. The van der Waals surface area contributed by atoms with Crippen LogP contribution in [0.2, 0.25) is 0 Å². The molecule has 0 aliphatic carbocycles. The summed E-state index contributed by atoms with van der Waals surface area (Å²) in [7, 11) is 3.18. The van der Waals surface area contributed by atoms with Gasteiger partial charge in [-0.1, -0.05) is 23.8 Å². The summed E-state index contributed by atoms with van der Waals surface area (Å²) in [6.45, 7) is 2.72. The summed E-state index contributed by atoms with van der Waals surface area (Å²) >= 11 is 0. The van der Waals surface area contributed by atoms with E-state index < -0.39 is 0 Å². The number of aromatic nitrogens is 4. The van der Waals surface area contributed by atoms with Gasteiger partial charge in [-0.3, -0.25) is 14.2 Å². The molecule has 0 atom stereocenters. The minimum absolute atomic E-state index is 0.136. The third-order valence-electron chi connectivity index (χ3n) is 5.60. The molecule has 9 heteroatoms. The molecular formula is C25H27N5O4. The molecule has 0 fully saturated rings. The molecule has 9 nitrogen and oxygen atoms in total. The first-order valence-electron chi connectivity index (χ1n) is 11.0. The molecule has 0 aliphatic rings. The Labute approximate surface area is 197 Å². The number of hydrogen-bond donors (Lipinski definition) is 1. The topological polar surface area (TPSA) is 100 Å². The number of ether oxygens (including phenoxy) is 2. The molecule has 0 saturated carbocycles. The zero-order valence-corrected chi connectivity index (χ0v) is 19.4. The first kappa shape index (κ1) is 23.0. The summed E-state index contributed by atoms with van der Waals surface area (Å²) in [6, 6.07) is 13.5. The van der Waals surface area contributed by atoms with E-state index >= 15 is 0 Å². The van der Waals surface area contributed by atoms with Gasteiger partial charge in [0, 0.05) is 19.5 Å². The lowest BCUT2D eigenvalue weighted by atomic mass is 10.1. The van der Waals surface area contributed by atoms with E-state index in [4.69, 9.17) is 9.47 Å². The van der Waals surface area contributed by atoms with Crippen molar-refractivity contribution in [1.82, 2.24) is 24.6 Å². The van der Waals surface area contributed by atoms with Gasteiger partial charge in [0.15, 0.2) is 17.1 Å². The minimum Gasteiger partial charge on any atom is -0.493 e. The molecule has 0 aliphatic heterocycles. The highest BCUT2D eigenvalue weighted by molar-refractivity contribution is 5.76. The van der Waals surface area contributed by atoms with Crippen LogP contribution in [-0.2, 0) is 17.8 Å². The molecule has 1 N–H and O–H groups in total. The zero-order chi connectivity index (χ0) is 24.1. The van der Waals surface area contributed by atoms with Crippen LogP contribution >= 0.6 is 0 Å². The maximum absolute atomic E-state index is 12.9. The van der Waals surface area contributed by atoms with Crippen LogP contribution in [0.5, 0.6) is 11.5 Å². The summed E-state index contributed by atoms with van der Waals surface area (Å²) in [5.41, 5.74) is 3.26. The molecule has 0 radical (unpaired) electrons. The number of benzene rings is 2. The molecule has 34 heavy (non-hydrogen) atoms. The predicted octanol–water partition coefficient (Wildman–Crippen LogP) is 2.66. The van der Waals surface area contributed by atoms with E-state index in [1.54, 1.807) is 18.9 Å². The first-order chi connectivity index (χ1) is 16.5. The van der Waals surface area contributed by atoms with Crippen molar-refractivity contribution in [2.45, 2.75) is 26.3 Å². The van der Waals surface area contributed by atoms with E-state index in [0.29, 0.717) is 35.5 Å². The lowest BCUT2D eigenvalue weighted by molar-refractivity contribution is -0.121. The van der Waals surface area contributed by atoms with Gasteiger partial charge in [0.2, 0.25) is 5.91 Å². The van der Waals surface area contributed by atoms with Crippen molar-refractivity contribution in [2.24, 2.45) is 0 Å². The van der Waals surface area contributed by atoms with Crippen LogP contribution in [0.4, 0.5) is 0 Å². The standard InChI is InChI=1S/C25H27N5O4/c1-17-4-7-19(8-5-17)30-24-20(15-28-30)25(32)29(16-27-24)13-11-23(31)26-12-10-18-6-9-21(33-2)22(14-18)34-3/h4-9,14-16H,10-13H2,1-3H3,(H,26,31). The van der Waals surface area contributed by atoms with Gasteiger partial charge in [0.1, 0.15) is 5.39 Å². The summed E-state index contributed by atoms with van der Waals surface area (Å²) in [6.07, 6.45) is 3.81. The Morgan fingerprint density at radius 2 is 1.82 bits per heavy atom. The van der Waals surface area contributed by atoms with Crippen LogP contribution in [0.1, 0.15) is 17.5 Å². The van der Waals surface area contributed by atoms with Gasteiger partial charge in [-0.25, -0.2) is 9.67 Å². The Balaban J connectivity index is 1.35. The number of nitrogens with one attached hydrogen (secondary N) is 1. The fourth-order valence-corrected chi connectivity index (χ4v) is 3.68. The van der Waals surface area contributed by atoms with E-state index in [9.17, 15) is 9.59 Å². The number of amides is 1. The average molecular weight is 462 g/mol. The van der Waals surface area contributed by atoms with E-state index in [1.807, 2.05) is 49.4 Å². The third kappa shape index (κ3) is 4.93. The van der Waals surface area contributed by atoms with Crippen LogP contribution in [0, 0.1) is 6.92 Å². The molecule has 176 valence electrons. The molecule has 0 unspecified atom stereocenters. The van der Waals surface area contributed by atoms with Gasteiger partial charge in [0.25, 0.3) is 5.56 Å². The molecule has 2 heterocycles. The van der Waals surface area contributed by atoms with Crippen molar-refractivity contribution in [3.05, 3.63) is 76.5 Å². The number of fused-ring (bicyclic) bond motifs is 1. The Bertz CT molecular complexity index is 1360. The van der Waals surface area contributed by atoms with Crippen molar-refractivity contribution in [3.8, 4) is 17.2 Å². The Morgan fingerprint density at radius 3 is 2.56 bits per heavy atom. The van der Waals surface area contributed by atoms with Gasteiger partial charge in [-0.2, -0.15) is 5.10 Å². The van der Waals surface area contributed by atoms with E-state index in [1.165, 1.54) is 17.1 Å². The first-order valence-corrected chi connectivity index (χ1v) is 11.0. The molecule has 0 saturated heterocycles. The highest BCUT2D eigenvalue weighted by Gasteiger charge is 2.12. The second-order valence-corrected chi connectivity index (χ2v) is 7.91. The van der Waals surface area contributed by atoms with E-state index in [0.717, 1.165) is 16.8 Å². The van der Waals surface area contributed by atoms with Gasteiger partial charge in [-0.15, -0.1) is 0 Å². The number of carbonyl (C=O) groups is 1. The smallest absolute Gasteiger partial charge is 0.264 e. The van der Waals surface area contributed by atoms with Crippen molar-refractivity contribution >= 4 is 16.9 Å². The van der Waals surface area contributed by atoms with Crippen LogP contribution in [0.15, 0.2) is 59.8 Å². The molecule has 2 aromatic carbocycles. The van der Waals surface area contributed by atoms with Crippen molar-refractivity contribution in [1.29, 1.82) is 0 Å². The van der Waals surface area contributed by atoms with Crippen molar-refractivity contribution in [2.75, 3.05) is 20.8 Å². The fraction of sp³-hybridized carbons (Fsp3) is 0.280. The van der Waals surface area contributed by atoms with E-state index in [-0.39, 0.29) is 24.4 Å². The Hall–Kier alpha value is -4.14. The van der Waals surface area contributed by atoms with Gasteiger partial charge in [-0.05, 0) is 43.2 Å². The molecule has 2 aromatic heterocycles. The third-order valence-corrected chi connectivity index (χ3v) is 5.60. The van der Waals surface area contributed by atoms with Crippen molar-refractivity contribution < 1.29 is 14.3 Å². The molecular weight excluding hydrogens is 434 g/mol. The number of nitrogens with zero attached hydrogens (tertiary/aromatic N) is 4. The van der Waals surface area contributed by atoms with Crippen LogP contribution in [-0.4, -0.2) is 46.0 Å². The summed E-state index contributed by atoms with van der Waals surface area (Å²) in [5, 5.41) is 7.63. The monoisotopic (exact) mass is 461 g/mol. The lowest BCUT2D eigenvalue weighted by Crippen LogP contribution is -2.29. The maximum atomic E-state index is 12.9. The number of methoxy groups -OCH3 is 2. The summed E-state index contributed by atoms with van der Waals surface area (Å²) in [5.74, 6) is 1.18. The molecule has 4 rings (SSSR count). The van der Waals surface area contributed by atoms with Gasteiger partial charge < -0.3 is 14.8 Å². The Morgan fingerprint density at radius 1 is 1.06 bits per heavy atom. The predicted molar refractivity (Wildman–Crippen MR) is 129 cm³/mol. The quantitative estimate of drug-likeness (QED) is 0.411. The molecule has 4 aromatic rings. The molecule has 0 spiro atoms. The second kappa shape index (κ2) is 10.2. The van der Waals surface area contributed by atoms with Crippen LogP contribution < -0.4 is 20.3 Å². The zero-order valence-electron chi connectivity index (χ0n) is 19.4. The number of rotatable bonds is 9.